The fourth-order valence-electron chi connectivity index (χ4n) is 4.15. The van der Waals surface area contributed by atoms with Crippen molar-refractivity contribution in [3.63, 3.8) is 0 Å². The minimum atomic E-state index is -0.890. The van der Waals surface area contributed by atoms with E-state index < -0.39 is 18.1 Å². The molecule has 0 amide bonds. The van der Waals surface area contributed by atoms with Gasteiger partial charge in [0.25, 0.3) is 0 Å². The first-order chi connectivity index (χ1) is 21.1. The fourth-order valence-corrected chi connectivity index (χ4v) is 4.15. The number of ether oxygens (including phenoxy) is 3. The van der Waals surface area contributed by atoms with E-state index in [0.29, 0.717) is 19.3 Å². The summed E-state index contributed by atoms with van der Waals surface area (Å²) in [6.07, 6.45) is 31.2. The molecule has 0 aromatic carbocycles. The van der Waals surface area contributed by atoms with Gasteiger partial charge in [0.1, 0.15) is 6.61 Å². The number of allylic oxidation sites excluding steroid dienone is 10. The van der Waals surface area contributed by atoms with E-state index in [-0.39, 0.29) is 42.7 Å². The number of esters is 2. The molecule has 0 bridgehead atoms. The lowest BCUT2D eigenvalue weighted by atomic mass is 10.1. The molecule has 0 saturated carbocycles. The van der Waals surface area contributed by atoms with Crippen LogP contribution in [0, 0.1) is 0 Å². The van der Waals surface area contributed by atoms with Crippen LogP contribution in [0.2, 0.25) is 0 Å². The first kappa shape index (κ1) is 41.0. The number of carboxylic acid groups (broad SMARTS) is 1. The van der Waals surface area contributed by atoms with Crippen molar-refractivity contribution in [1.29, 1.82) is 0 Å². The summed E-state index contributed by atoms with van der Waals surface area (Å²) in [6, 6.07) is -0.618. The smallest absolute Gasteiger partial charge is 0.362 e. The van der Waals surface area contributed by atoms with Gasteiger partial charge in [0.15, 0.2) is 12.1 Å². The molecular formula is C36H60NO7+. The van der Waals surface area contributed by atoms with Crippen molar-refractivity contribution < 1.29 is 38.2 Å². The Morgan fingerprint density at radius 3 is 1.80 bits per heavy atom. The lowest BCUT2D eigenvalue weighted by Crippen LogP contribution is -2.50. The van der Waals surface area contributed by atoms with Crippen LogP contribution in [0.3, 0.4) is 0 Å². The summed E-state index contributed by atoms with van der Waals surface area (Å²) in [7, 11) is 5.46. The number of nitrogens with zero attached hydrogens (tertiary/aromatic N) is 1. The molecule has 0 aliphatic carbocycles. The molecule has 0 aliphatic heterocycles. The maximum Gasteiger partial charge on any atom is 0.362 e. The third-order valence-electron chi connectivity index (χ3n) is 6.65. The van der Waals surface area contributed by atoms with E-state index in [4.69, 9.17) is 14.2 Å². The van der Waals surface area contributed by atoms with Crippen LogP contribution in [0.5, 0.6) is 0 Å². The molecule has 0 heterocycles. The number of carboxylic acids is 1. The standard InChI is InChI=1S/C36H59NO7/c1-6-8-9-10-11-12-13-14-15-16-17-18-19-20-21-22-23-24-25-27-35(39)44-32(31-43-34(38)26-7-2)30-42-29-28-33(36(40)41)37(3,4)5/h8-9,11-12,14-15,17-18,20-21,32-33H,6-7,10,13,16,19,22-31H2,1-5H3/p+1/b9-8-,12-11-,15-14-,18-17-,21-20-. The molecule has 0 aromatic heterocycles. The van der Waals surface area contributed by atoms with Gasteiger partial charge in [0.05, 0.1) is 34.4 Å². The van der Waals surface area contributed by atoms with Crippen LogP contribution >= 0.6 is 0 Å². The van der Waals surface area contributed by atoms with Crippen molar-refractivity contribution in [3.05, 3.63) is 60.8 Å². The van der Waals surface area contributed by atoms with Crippen LogP contribution in [0.15, 0.2) is 60.8 Å². The molecule has 0 spiro atoms. The Hall–Kier alpha value is -2.97. The first-order valence-corrected chi connectivity index (χ1v) is 16.3. The highest BCUT2D eigenvalue weighted by Gasteiger charge is 2.31. The van der Waals surface area contributed by atoms with E-state index in [9.17, 15) is 19.5 Å². The molecule has 250 valence electrons. The molecule has 0 aromatic rings. The topological polar surface area (TPSA) is 99.1 Å². The van der Waals surface area contributed by atoms with E-state index in [0.717, 1.165) is 57.8 Å². The van der Waals surface area contributed by atoms with Crippen molar-refractivity contribution in [2.24, 2.45) is 0 Å². The second kappa shape index (κ2) is 27.6. The maximum absolute atomic E-state index is 12.4. The highest BCUT2D eigenvalue weighted by Crippen LogP contribution is 2.10. The molecular weight excluding hydrogens is 558 g/mol. The quantitative estimate of drug-likeness (QED) is 0.0440. The Morgan fingerprint density at radius 2 is 1.27 bits per heavy atom. The number of aliphatic carboxylic acids is 1. The summed E-state index contributed by atoms with van der Waals surface area (Å²) < 4.78 is 16.7. The SMILES string of the molecule is CC/C=C\C/C=C\C/C=C\C/C=C\C/C=C\CCCCCC(=O)OC(COCCC(C(=O)O)[N+](C)(C)C)COC(=O)CCC. The summed E-state index contributed by atoms with van der Waals surface area (Å²) in [5.74, 6) is -1.59. The summed E-state index contributed by atoms with van der Waals surface area (Å²) in [5, 5.41) is 9.47. The predicted octanol–water partition coefficient (Wildman–Crippen LogP) is 7.51. The molecule has 0 rings (SSSR count). The molecule has 0 aliphatic rings. The number of carbonyl (C=O) groups is 3. The van der Waals surface area contributed by atoms with Gasteiger partial charge in [-0.2, -0.15) is 0 Å². The average Bonchev–Trinajstić information content (AvgIpc) is 2.96. The largest absolute Gasteiger partial charge is 0.477 e. The number of hydrogen-bond acceptors (Lipinski definition) is 6. The molecule has 8 nitrogen and oxygen atoms in total. The summed E-state index contributed by atoms with van der Waals surface area (Å²) in [5.41, 5.74) is 0. The number of carbonyl (C=O) groups excluding carboxylic acids is 2. The summed E-state index contributed by atoms with van der Waals surface area (Å²) in [4.78, 5) is 35.8. The summed E-state index contributed by atoms with van der Waals surface area (Å²) in [6.45, 7) is 4.18. The number of unbranched alkanes of at least 4 members (excludes halogenated alkanes) is 3. The van der Waals surface area contributed by atoms with Crippen LogP contribution in [0.1, 0.15) is 97.3 Å². The van der Waals surface area contributed by atoms with E-state index in [1.165, 1.54) is 0 Å². The predicted molar refractivity (Wildman–Crippen MR) is 178 cm³/mol. The van der Waals surface area contributed by atoms with E-state index in [1.54, 1.807) is 0 Å². The van der Waals surface area contributed by atoms with E-state index in [2.05, 4.69) is 67.7 Å². The van der Waals surface area contributed by atoms with Gasteiger partial charge in [-0.15, -0.1) is 0 Å². The molecule has 44 heavy (non-hydrogen) atoms. The number of rotatable bonds is 27. The zero-order valence-electron chi connectivity index (χ0n) is 28.1. The third-order valence-corrected chi connectivity index (χ3v) is 6.65. The maximum atomic E-state index is 12.4. The zero-order valence-corrected chi connectivity index (χ0v) is 28.1. The number of quaternary nitrogens is 1. The number of likely N-dealkylation sites (N-methyl/N-ethyl adjacent to an activating group) is 1. The highest BCUT2D eigenvalue weighted by atomic mass is 16.6. The normalized spacial score (nSPS) is 13.9. The van der Waals surface area contributed by atoms with Crippen molar-refractivity contribution in [2.75, 3.05) is 41.0 Å². The Balaban J connectivity index is 4.23. The van der Waals surface area contributed by atoms with E-state index in [1.807, 2.05) is 28.1 Å². The zero-order chi connectivity index (χ0) is 32.9. The van der Waals surface area contributed by atoms with Gasteiger partial charge in [0, 0.05) is 19.3 Å². The van der Waals surface area contributed by atoms with Crippen molar-refractivity contribution in [3.8, 4) is 0 Å². The Bertz CT molecular complexity index is 912. The Labute approximate surface area is 267 Å². The molecule has 0 fully saturated rings. The Morgan fingerprint density at radius 1 is 0.705 bits per heavy atom. The second-order valence-corrected chi connectivity index (χ2v) is 11.7. The van der Waals surface area contributed by atoms with Gasteiger partial charge in [0.2, 0.25) is 0 Å². The van der Waals surface area contributed by atoms with Crippen molar-refractivity contribution in [1.82, 2.24) is 0 Å². The molecule has 2 unspecified atom stereocenters. The van der Waals surface area contributed by atoms with Gasteiger partial charge in [-0.1, -0.05) is 81.0 Å². The minimum absolute atomic E-state index is 0.0404. The average molecular weight is 619 g/mol. The van der Waals surface area contributed by atoms with Crippen molar-refractivity contribution in [2.45, 2.75) is 109 Å². The van der Waals surface area contributed by atoms with Crippen LogP contribution in [-0.4, -0.2) is 80.6 Å². The van der Waals surface area contributed by atoms with Crippen LogP contribution in [-0.2, 0) is 28.6 Å². The van der Waals surface area contributed by atoms with Gasteiger partial charge in [-0.3, -0.25) is 9.59 Å². The monoisotopic (exact) mass is 618 g/mol. The Kier molecular flexibility index (Phi) is 25.7. The number of hydrogen-bond donors (Lipinski definition) is 1. The first-order valence-electron chi connectivity index (χ1n) is 16.3. The fraction of sp³-hybridized carbons (Fsp3) is 0.639. The van der Waals surface area contributed by atoms with Gasteiger partial charge in [-0.25, -0.2) is 4.79 Å². The van der Waals surface area contributed by atoms with Crippen LogP contribution in [0.4, 0.5) is 0 Å². The van der Waals surface area contributed by atoms with Crippen LogP contribution < -0.4 is 0 Å². The lowest BCUT2D eigenvalue weighted by Gasteiger charge is -2.31. The highest BCUT2D eigenvalue weighted by molar-refractivity contribution is 5.72. The minimum Gasteiger partial charge on any atom is -0.477 e. The molecule has 8 heteroatoms. The van der Waals surface area contributed by atoms with Gasteiger partial charge < -0.3 is 23.8 Å². The van der Waals surface area contributed by atoms with Crippen molar-refractivity contribution >= 4 is 17.9 Å². The van der Waals surface area contributed by atoms with Gasteiger partial charge >= 0.3 is 17.9 Å². The molecule has 0 saturated heterocycles. The molecule has 0 radical (unpaired) electrons. The molecule has 2 atom stereocenters. The van der Waals surface area contributed by atoms with Gasteiger partial charge in [-0.05, 0) is 57.8 Å². The van der Waals surface area contributed by atoms with E-state index >= 15 is 0 Å². The third kappa shape index (κ3) is 25.5. The lowest BCUT2D eigenvalue weighted by molar-refractivity contribution is -0.887. The van der Waals surface area contributed by atoms with Crippen LogP contribution in [0.25, 0.3) is 0 Å². The summed E-state index contributed by atoms with van der Waals surface area (Å²) >= 11 is 0. The second-order valence-electron chi connectivity index (χ2n) is 11.7. The molecule has 1 N–H and O–H groups in total.